The zero-order valence-electron chi connectivity index (χ0n) is 21.7. The summed E-state index contributed by atoms with van der Waals surface area (Å²) in [7, 11) is 2.09. The molecule has 0 saturated carbocycles. The number of ether oxygens (including phenoxy) is 2. The predicted octanol–water partition coefficient (Wildman–Crippen LogP) is 3.82. The van der Waals surface area contributed by atoms with Crippen molar-refractivity contribution in [3.63, 3.8) is 0 Å². The molecule has 2 saturated heterocycles. The van der Waals surface area contributed by atoms with E-state index in [0.29, 0.717) is 42.0 Å². The molecule has 2 aliphatic heterocycles. The molecule has 10 nitrogen and oxygen atoms in total. The van der Waals surface area contributed by atoms with Gasteiger partial charge in [0.15, 0.2) is 0 Å². The van der Waals surface area contributed by atoms with Crippen molar-refractivity contribution in [2.45, 2.75) is 18.9 Å². The van der Waals surface area contributed by atoms with Gasteiger partial charge in [-0.2, -0.15) is 0 Å². The normalized spacial score (nSPS) is 18.5. The van der Waals surface area contributed by atoms with E-state index >= 15 is 0 Å². The Bertz CT molecular complexity index is 1310. The van der Waals surface area contributed by atoms with Gasteiger partial charge in [0.2, 0.25) is 5.91 Å². The summed E-state index contributed by atoms with van der Waals surface area (Å²) in [6, 6.07) is 9.39. The molecule has 3 aromatic rings. The van der Waals surface area contributed by atoms with Gasteiger partial charge < -0.3 is 25.0 Å². The van der Waals surface area contributed by atoms with E-state index in [9.17, 15) is 9.18 Å². The van der Waals surface area contributed by atoms with Crippen molar-refractivity contribution in [2.75, 3.05) is 63.6 Å². The first kappa shape index (κ1) is 27.2. The number of carbonyl (C=O) groups is 1. The summed E-state index contributed by atoms with van der Waals surface area (Å²) >= 11 is 6.10. The maximum Gasteiger partial charge on any atom is 0.257 e. The first-order valence-corrected chi connectivity index (χ1v) is 13.3. The molecule has 4 heterocycles. The maximum absolute atomic E-state index is 14.6. The van der Waals surface area contributed by atoms with Gasteiger partial charge in [-0.15, -0.1) is 10.2 Å². The van der Waals surface area contributed by atoms with E-state index in [2.05, 4.69) is 42.7 Å². The molecule has 2 fully saturated rings. The third kappa shape index (κ3) is 7.39. The molecule has 0 spiro atoms. The van der Waals surface area contributed by atoms with Crippen molar-refractivity contribution in [2.24, 2.45) is 0 Å². The van der Waals surface area contributed by atoms with Crippen LogP contribution >= 0.6 is 11.6 Å². The van der Waals surface area contributed by atoms with Crippen LogP contribution in [-0.2, 0) is 9.53 Å². The quantitative estimate of drug-likeness (QED) is 0.429. The van der Waals surface area contributed by atoms with Crippen molar-refractivity contribution in [1.29, 1.82) is 0 Å². The Hall–Kier alpha value is -3.38. The number of anilines is 3. The predicted molar refractivity (Wildman–Crippen MR) is 147 cm³/mol. The molecule has 0 radical (unpaired) electrons. The van der Waals surface area contributed by atoms with Gasteiger partial charge in [-0.3, -0.25) is 9.69 Å². The molecule has 12 heteroatoms. The number of hydrogen-bond donors (Lipinski definition) is 2. The van der Waals surface area contributed by atoms with Gasteiger partial charge in [0.25, 0.3) is 5.88 Å². The summed E-state index contributed by atoms with van der Waals surface area (Å²) in [6.07, 6.45) is 3.18. The lowest BCUT2D eigenvalue weighted by Crippen LogP contribution is -2.36. The van der Waals surface area contributed by atoms with Crippen molar-refractivity contribution in [3.05, 3.63) is 53.4 Å². The highest BCUT2D eigenvalue weighted by molar-refractivity contribution is 6.30. The van der Waals surface area contributed by atoms with E-state index in [0.717, 1.165) is 39.0 Å². The Balaban J connectivity index is 1.34. The van der Waals surface area contributed by atoms with Gasteiger partial charge in [-0.25, -0.2) is 9.37 Å². The zero-order valence-corrected chi connectivity index (χ0v) is 22.5. The van der Waals surface area contributed by atoms with Crippen LogP contribution in [0.15, 0.2) is 42.6 Å². The van der Waals surface area contributed by atoms with Crippen LogP contribution in [0.4, 0.5) is 21.6 Å². The smallest absolute Gasteiger partial charge is 0.257 e. The van der Waals surface area contributed by atoms with E-state index in [4.69, 9.17) is 21.1 Å². The number of pyridine rings is 1. The minimum absolute atomic E-state index is 0.126. The first-order chi connectivity index (χ1) is 18.9. The first-order valence-electron chi connectivity index (χ1n) is 12.9. The number of nitrogens with one attached hydrogen (secondary N) is 2. The number of halogens is 2. The average molecular weight is 556 g/mol. The van der Waals surface area contributed by atoms with Crippen LogP contribution in [0.3, 0.4) is 0 Å². The van der Waals surface area contributed by atoms with Crippen molar-refractivity contribution in [3.8, 4) is 17.1 Å². The summed E-state index contributed by atoms with van der Waals surface area (Å²) in [6.45, 7) is 5.05. The highest BCUT2D eigenvalue weighted by Crippen LogP contribution is 2.33. The molecule has 0 bridgehead atoms. The van der Waals surface area contributed by atoms with Crippen molar-refractivity contribution >= 4 is 34.7 Å². The summed E-state index contributed by atoms with van der Waals surface area (Å²) in [4.78, 5) is 21.4. The van der Waals surface area contributed by atoms with Crippen LogP contribution in [0, 0.1) is 5.82 Å². The zero-order chi connectivity index (χ0) is 27.2. The van der Waals surface area contributed by atoms with Crippen LogP contribution in [0.25, 0.3) is 11.3 Å². The van der Waals surface area contributed by atoms with E-state index in [-0.39, 0.29) is 29.1 Å². The Morgan fingerprint density at radius 3 is 2.92 bits per heavy atom. The molecule has 1 unspecified atom stereocenters. The minimum Gasteiger partial charge on any atom is -0.469 e. The van der Waals surface area contributed by atoms with Crippen molar-refractivity contribution < 1.29 is 18.7 Å². The molecule has 2 aliphatic rings. The molecule has 206 valence electrons. The van der Waals surface area contributed by atoms with E-state index < -0.39 is 5.82 Å². The number of benzene rings is 1. The highest BCUT2D eigenvalue weighted by Gasteiger charge is 2.22. The van der Waals surface area contributed by atoms with Crippen LogP contribution < -0.4 is 15.4 Å². The summed E-state index contributed by atoms with van der Waals surface area (Å²) in [5.74, 6) is 0.0678. The standard InChI is InChI=1S/C27H31ClFN7O3/c1-35-8-2-9-36(11-10-35)16-26(37)32-25-14-19(5-7-30-25)31-24-15-23(21-13-18(28)3-4-22(21)29)33-34-27(24)39-20-6-12-38-17-20/h3-5,7,13-15,20H,2,6,8-12,16-17H2,1H3,(H2,30,31,32,33,37). The number of hydrogen-bond acceptors (Lipinski definition) is 9. The Morgan fingerprint density at radius 2 is 2.08 bits per heavy atom. The van der Waals surface area contributed by atoms with Gasteiger partial charge in [0.05, 0.1) is 25.5 Å². The monoisotopic (exact) mass is 555 g/mol. The fraction of sp³-hybridized carbons (Fsp3) is 0.407. The fourth-order valence-electron chi connectivity index (χ4n) is 4.52. The van der Waals surface area contributed by atoms with Crippen LogP contribution in [-0.4, -0.2) is 90.0 Å². The van der Waals surface area contributed by atoms with Gasteiger partial charge in [0.1, 0.15) is 23.4 Å². The topological polar surface area (TPSA) is 105 Å². The van der Waals surface area contributed by atoms with Gasteiger partial charge in [-0.05, 0) is 56.9 Å². The van der Waals surface area contributed by atoms with Crippen LogP contribution in [0.2, 0.25) is 5.02 Å². The number of rotatable bonds is 8. The molecule has 1 atom stereocenters. The number of nitrogens with zero attached hydrogens (tertiary/aromatic N) is 5. The Morgan fingerprint density at radius 1 is 1.18 bits per heavy atom. The fourth-order valence-corrected chi connectivity index (χ4v) is 4.69. The second-order valence-electron chi connectivity index (χ2n) is 9.71. The largest absolute Gasteiger partial charge is 0.469 e. The summed E-state index contributed by atoms with van der Waals surface area (Å²) < 4.78 is 26.0. The Kier molecular flexibility index (Phi) is 8.82. The molecule has 2 N–H and O–H groups in total. The number of aromatic nitrogens is 3. The molecule has 1 amide bonds. The highest BCUT2D eigenvalue weighted by atomic mass is 35.5. The van der Waals surface area contributed by atoms with Crippen molar-refractivity contribution in [1.82, 2.24) is 25.0 Å². The van der Waals surface area contributed by atoms with Gasteiger partial charge in [-0.1, -0.05) is 11.6 Å². The lowest BCUT2D eigenvalue weighted by Gasteiger charge is -2.19. The third-order valence-electron chi connectivity index (χ3n) is 6.62. The molecule has 0 aliphatic carbocycles. The van der Waals surface area contributed by atoms with Crippen LogP contribution in [0.5, 0.6) is 5.88 Å². The minimum atomic E-state index is -0.470. The molecule has 5 rings (SSSR count). The average Bonchev–Trinajstić information content (AvgIpc) is 3.34. The van der Waals surface area contributed by atoms with E-state index in [1.165, 1.54) is 18.2 Å². The second-order valence-corrected chi connectivity index (χ2v) is 10.1. The maximum atomic E-state index is 14.6. The second kappa shape index (κ2) is 12.6. The lowest BCUT2D eigenvalue weighted by atomic mass is 10.1. The van der Waals surface area contributed by atoms with E-state index in [1.807, 2.05) is 0 Å². The third-order valence-corrected chi connectivity index (χ3v) is 6.85. The van der Waals surface area contributed by atoms with Gasteiger partial charge in [0, 0.05) is 48.0 Å². The Labute approximate surface area is 231 Å². The summed E-state index contributed by atoms with van der Waals surface area (Å²) in [5, 5.41) is 15.0. The van der Waals surface area contributed by atoms with Gasteiger partial charge >= 0.3 is 0 Å². The number of amides is 1. The number of likely N-dealkylation sites (N-methyl/N-ethyl adjacent to an activating group) is 1. The molecular weight excluding hydrogens is 525 g/mol. The SMILES string of the molecule is CN1CCCN(CC(=O)Nc2cc(Nc3cc(-c4cc(Cl)ccc4F)nnc3OC3CCOC3)ccn2)CC1. The van der Waals surface area contributed by atoms with Crippen LogP contribution in [0.1, 0.15) is 12.8 Å². The summed E-state index contributed by atoms with van der Waals surface area (Å²) in [5.41, 5.74) is 1.62. The molecule has 1 aromatic carbocycles. The van der Waals surface area contributed by atoms with E-state index in [1.54, 1.807) is 24.4 Å². The molecule has 2 aromatic heterocycles. The molecule has 39 heavy (non-hydrogen) atoms. The lowest BCUT2D eigenvalue weighted by molar-refractivity contribution is -0.117. The molecular formula is C27H31ClFN7O3. The number of carbonyl (C=O) groups excluding carboxylic acids is 1.